The molecule has 0 bridgehead atoms. The molecule has 2 unspecified atom stereocenters. The largest absolute Gasteiger partial charge is 0.374 e. The van der Waals surface area contributed by atoms with Crippen molar-refractivity contribution in [1.29, 1.82) is 0 Å². The van der Waals surface area contributed by atoms with Crippen molar-refractivity contribution < 1.29 is 4.74 Å². The average Bonchev–Trinajstić information content (AvgIpc) is 2.33. The van der Waals surface area contributed by atoms with Gasteiger partial charge in [0.15, 0.2) is 0 Å². The van der Waals surface area contributed by atoms with Crippen LogP contribution in [-0.4, -0.2) is 24.8 Å². The summed E-state index contributed by atoms with van der Waals surface area (Å²) in [5.74, 6) is 0.803. The molecule has 0 aromatic carbocycles. The van der Waals surface area contributed by atoms with Crippen molar-refractivity contribution >= 4 is 0 Å². The summed E-state index contributed by atoms with van der Waals surface area (Å²) in [5.41, 5.74) is -0.0130. The van der Waals surface area contributed by atoms with Crippen LogP contribution in [0.15, 0.2) is 0 Å². The fourth-order valence-corrected chi connectivity index (χ4v) is 2.45. The van der Waals surface area contributed by atoms with E-state index >= 15 is 0 Å². The maximum absolute atomic E-state index is 6.03. The van der Waals surface area contributed by atoms with Gasteiger partial charge in [0.1, 0.15) is 0 Å². The van der Waals surface area contributed by atoms with Gasteiger partial charge < -0.3 is 10.1 Å². The van der Waals surface area contributed by atoms with E-state index in [-0.39, 0.29) is 5.60 Å². The molecule has 0 fully saturated rings. The van der Waals surface area contributed by atoms with Crippen LogP contribution in [0.4, 0.5) is 0 Å². The molecule has 110 valence electrons. The van der Waals surface area contributed by atoms with E-state index in [0.717, 1.165) is 25.5 Å². The van der Waals surface area contributed by atoms with Gasteiger partial charge in [0.2, 0.25) is 0 Å². The first-order chi connectivity index (χ1) is 8.50. The van der Waals surface area contributed by atoms with E-state index < -0.39 is 0 Å². The molecule has 0 aromatic rings. The van der Waals surface area contributed by atoms with E-state index in [9.17, 15) is 0 Å². The topological polar surface area (TPSA) is 21.3 Å². The molecule has 0 saturated carbocycles. The fourth-order valence-electron chi connectivity index (χ4n) is 2.45. The molecule has 0 aliphatic heterocycles. The Labute approximate surface area is 115 Å². The van der Waals surface area contributed by atoms with Crippen LogP contribution >= 0.6 is 0 Å². The third-order valence-corrected chi connectivity index (χ3v) is 3.83. The lowest BCUT2D eigenvalue weighted by Gasteiger charge is -2.38. The normalized spacial score (nSPS) is 16.8. The van der Waals surface area contributed by atoms with Crippen LogP contribution in [0.25, 0.3) is 0 Å². The predicted molar refractivity (Wildman–Crippen MR) is 81.1 cm³/mol. The highest BCUT2D eigenvalue weighted by Crippen LogP contribution is 2.24. The van der Waals surface area contributed by atoms with Gasteiger partial charge >= 0.3 is 0 Å². The third-order valence-electron chi connectivity index (χ3n) is 3.83. The molecule has 18 heavy (non-hydrogen) atoms. The summed E-state index contributed by atoms with van der Waals surface area (Å²) in [6, 6.07) is 0.487. The van der Waals surface area contributed by atoms with E-state index in [2.05, 4.69) is 46.9 Å². The van der Waals surface area contributed by atoms with E-state index in [0.29, 0.717) is 6.04 Å². The summed E-state index contributed by atoms with van der Waals surface area (Å²) >= 11 is 0. The zero-order valence-corrected chi connectivity index (χ0v) is 13.5. The first-order valence-corrected chi connectivity index (χ1v) is 7.87. The summed E-state index contributed by atoms with van der Waals surface area (Å²) in [7, 11) is 0. The molecule has 0 heterocycles. The Hall–Kier alpha value is -0.0800. The first kappa shape index (κ1) is 17.9. The first-order valence-electron chi connectivity index (χ1n) is 7.87. The highest BCUT2D eigenvalue weighted by atomic mass is 16.5. The summed E-state index contributed by atoms with van der Waals surface area (Å²) in [6.45, 7) is 15.3. The van der Waals surface area contributed by atoms with Crippen LogP contribution in [-0.2, 0) is 4.74 Å². The molecule has 2 atom stereocenters. The Morgan fingerprint density at radius 2 is 1.78 bits per heavy atom. The lowest BCUT2D eigenvalue weighted by molar-refractivity contribution is -0.0575. The molecule has 0 saturated heterocycles. The molecule has 2 heteroatoms. The maximum atomic E-state index is 6.03. The minimum absolute atomic E-state index is 0.0130. The highest BCUT2D eigenvalue weighted by Gasteiger charge is 2.32. The maximum Gasteiger partial charge on any atom is 0.0803 e. The summed E-state index contributed by atoms with van der Waals surface area (Å²) in [4.78, 5) is 0. The van der Waals surface area contributed by atoms with Crippen molar-refractivity contribution in [3.05, 3.63) is 0 Å². The predicted octanol–water partition coefficient (Wildman–Crippen LogP) is 4.39. The van der Waals surface area contributed by atoms with Crippen LogP contribution in [0.2, 0.25) is 0 Å². The molecule has 0 aromatic heterocycles. The fraction of sp³-hybridized carbons (Fsp3) is 1.00. The molecule has 0 rings (SSSR count). The Bertz CT molecular complexity index is 194. The van der Waals surface area contributed by atoms with Crippen LogP contribution in [0.3, 0.4) is 0 Å². The Balaban J connectivity index is 4.42. The number of rotatable bonds is 11. The smallest absolute Gasteiger partial charge is 0.0803 e. The SMILES string of the molecule is CCCNC(CCCC(C)C)C(C)(CC)OCC. The lowest BCUT2D eigenvalue weighted by Crippen LogP contribution is -2.50. The minimum Gasteiger partial charge on any atom is -0.374 e. The minimum atomic E-state index is -0.0130. The van der Waals surface area contributed by atoms with Gasteiger partial charge in [-0.1, -0.05) is 40.5 Å². The number of ether oxygens (including phenoxy) is 1. The lowest BCUT2D eigenvalue weighted by atomic mass is 9.88. The molecule has 0 radical (unpaired) electrons. The summed E-state index contributed by atoms with van der Waals surface area (Å²) in [5, 5.41) is 3.69. The van der Waals surface area contributed by atoms with Crippen molar-refractivity contribution in [2.75, 3.05) is 13.2 Å². The average molecular weight is 257 g/mol. The molecular weight excluding hydrogens is 222 g/mol. The van der Waals surface area contributed by atoms with E-state index in [1.54, 1.807) is 0 Å². The zero-order valence-electron chi connectivity index (χ0n) is 13.5. The van der Waals surface area contributed by atoms with Crippen LogP contribution in [0, 0.1) is 5.92 Å². The second kappa shape index (κ2) is 9.80. The van der Waals surface area contributed by atoms with Crippen molar-refractivity contribution in [1.82, 2.24) is 5.32 Å². The number of nitrogens with one attached hydrogen (secondary N) is 1. The van der Waals surface area contributed by atoms with Gasteiger partial charge in [0.05, 0.1) is 5.60 Å². The third kappa shape index (κ3) is 6.75. The Morgan fingerprint density at radius 3 is 2.22 bits per heavy atom. The van der Waals surface area contributed by atoms with E-state index in [1.165, 1.54) is 25.7 Å². The van der Waals surface area contributed by atoms with Gasteiger partial charge in [-0.05, 0) is 45.6 Å². The van der Waals surface area contributed by atoms with Crippen molar-refractivity contribution in [2.45, 2.75) is 85.3 Å². The van der Waals surface area contributed by atoms with Crippen LogP contribution in [0.1, 0.15) is 73.6 Å². The Morgan fingerprint density at radius 1 is 1.11 bits per heavy atom. The van der Waals surface area contributed by atoms with E-state index in [4.69, 9.17) is 4.74 Å². The van der Waals surface area contributed by atoms with Crippen molar-refractivity contribution in [2.24, 2.45) is 5.92 Å². The molecule has 0 aliphatic rings. The zero-order chi connectivity index (χ0) is 14.0. The second-order valence-electron chi connectivity index (χ2n) is 5.93. The second-order valence-corrected chi connectivity index (χ2v) is 5.93. The van der Waals surface area contributed by atoms with E-state index in [1.807, 2.05) is 0 Å². The molecule has 0 amide bonds. The van der Waals surface area contributed by atoms with Gasteiger partial charge in [-0.3, -0.25) is 0 Å². The number of hydrogen-bond acceptors (Lipinski definition) is 2. The van der Waals surface area contributed by atoms with Gasteiger partial charge in [-0.15, -0.1) is 0 Å². The number of hydrogen-bond donors (Lipinski definition) is 1. The standard InChI is InChI=1S/C16H35NO/c1-7-13-17-15(12-10-11-14(4)5)16(6,8-2)18-9-3/h14-15,17H,7-13H2,1-6H3. The molecular formula is C16H35NO. The monoisotopic (exact) mass is 257 g/mol. The van der Waals surface area contributed by atoms with Crippen LogP contribution in [0.5, 0.6) is 0 Å². The summed E-state index contributed by atoms with van der Waals surface area (Å²) in [6.07, 6.45) is 6.09. The quantitative estimate of drug-likeness (QED) is 0.593. The van der Waals surface area contributed by atoms with Crippen molar-refractivity contribution in [3.8, 4) is 0 Å². The van der Waals surface area contributed by atoms with Crippen LogP contribution < -0.4 is 5.32 Å². The molecule has 0 aliphatic carbocycles. The Kier molecular flexibility index (Phi) is 9.76. The van der Waals surface area contributed by atoms with Gasteiger partial charge in [-0.25, -0.2) is 0 Å². The van der Waals surface area contributed by atoms with Gasteiger partial charge in [0, 0.05) is 12.6 Å². The molecule has 1 N–H and O–H groups in total. The molecule has 0 spiro atoms. The summed E-state index contributed by atoms with van der Waals surface area (Å²) < 4.78 is 6.03. The van der Waals surface area contributed by atoms with Crippen molar-refractivity contribution in [3.63, 3.8) is 0 Å². The molecule has 2 nitrogen and oxygen atoms in total. The highest BCUT2D eigenvalue weighted by molar-refractivity contribution is 4.88. The van der Waals surface area contributed by atoms with Gasteiger partial charge in [-0.2, -0.15) is 0 Å². The van der Waals surface area contributed by atoms with Gasteiger partial charge in [0.25, 0.3) is 0 Å².